The summed E-state index contributed by atoms with van der Waals surface area (Å²) in [5.41, 5.74) is 2.66. The third-order valence-electron chi connectivity index (χ3n) is 4.06. The number of benzene rings is 1. The lowest BCUT2D eigenvalue weighted by atomic mass is 10.1. The van der Waals surface area contributed by atoms with Crippen LogP contribution in [0.25, 0.3) is 0 Å². The molecule has 144 valence electrons. The van der Waals surface area contributed by atoms with Crippen molar-refractivity contribution >= 4 is 34.8 Å². The van der Waals surface area contributed by atoms with Crippen LogP contribution in [-0.2, 0) is 25.5 Å². The minimum Gasteiger partial charge on any atom is -0.456 e. The molecule has 0 aliphatic carbocycles. The zero-order valence-electron chi connectivity index (χ0n) is 15.8. The highest BCUT2D eigenvalue weighted by Crippen LogP contribution is 2.19. The lowest BCUT2D eigenvalue weighted by Crippen LogP contribution is -2.37. The molecule has 1 aromatic carbocycles. The van der Waals surface area contributed by atoms with Gasteiger partial charge >= 0.3 is 5.97 Å². The van der Waals surface area contributed by atoms with Crippen molar-refractivity contribution in [1.29, 1.82) is 0 Å². The van der Waals surface area contributed by atoms with Crippen LogP contribution in [0.5, 0.6) is 0 Å². The Bertz CT molecular complexity index is 782. The first-order chi connectivity index (χ1) is 12.9. The molecule has 0 radical (unpaired) electrons. The van der Waals surface area contributed by atoms with Crippen LogP contribution in [0.1, 0.15) is 22.4 Å². The van der Waals surface area contributed by atoms with E-state index in [1.165, 1.54) is 11.9 Å². The molecule has 6 nitrogen and oxygen atoms in total. The summed E-state index contributed by atoms with van der Waals surface area (Å²) in [6.45, 7) is 3.34. The molecule has 0 aliphatic heterocycles. The standard InChI is InChI=1S/C20H24N2O4S/c1-14-6-4-7-15(2)20(14)21-17(23)12-22(3)18(24)13-26-19(25)10-9-16-8-5-11-27-16/h4-8,11H,9-10,12-13H2,1-3H3,(H,21,23). The van der Waals surface area contributed by atoms with E-state index >= 15 is 0 Å². The lowest BCUT2D eigenvalue weighted by Gasteiger charge is -2.18. The first kappa shape index (κ1) is 20.6. The molecule has 0 fully saturated rings. The van der Waals surface area contributed by atoms with Crippen LogP contribution < -0.4 is 5.32 Å². The maximum atomic E-state index is 12.2. The first-order valence-corrected chi connectivity index (χ1v) is 9.53. The van der Waals surface area contributed by atoms with Crippen LogP contribution in [0.4, 0.5) is 5.69 Å². The first-order valence-electron chi connectivity index (χ1n) is 8.65. The number of para-hydroxylation sites is 1. The van der Waals surface area contributed by atoms with E-state index in [1.54, 1.807) is 11.3 Å². The Morgan fingerprint density at radius 1 is 1.11 bits per heavy atom. The van der Waals surface area contributed by atoms with E-state index < -0.39 is 11.9 Å². The average molecular weight is 388 g/mol. The zero-order chi connectivity index (χ0) is 19.8. The van der Waals surface area contributed by atoms with Crippen molar-refractivity contribution in [2.45, 2.75) is 26.7 Å². The molecule has 2 aromatic rings. The van der Waals surface area contributed by atoms with Gasteiger partial charge < -0.3 is 15.0 Å². The van der Waals surface area contributed by atoms with E-state index in [9.17, 15) is 14.4 Å². The van der Waals surface area contributed by atoms with Crippen molar-refractivity contribution < 1.29 is 19.1 Å². The third kappa shape index (κ3) is 6.53. The molecule has 27 heavy (non-hydrogen) atoms. The second kappa shape index (κ2) is 9.87. The molecule has 1 N–H and O–H groups in total. The number of carbonyl (C=O) groups is 3. The lowest BCUT2D eigenvalue weighted by molar-refractivity contribution is -0.151. The summed E-state index contributed by atoms with van der Waals surface area (Å²) in [7, 11) is 1.51. The monoisotopic (exact) mass is 388 g/mol. The molecule has 0 spiro atoms. The highest BCUT2D eigenvalue weighted by molar-refractivity contribution is 7.09. The van der Waals surface area contributed by atoms with Crippen molar-refractivity contribution in [3.05, 3.63) is 51.7 Å². The number of amides is 2. The number of likely N-dealkylation sites (N-methyl/N-ethyl adjacent to an activating group) is 1. The Kier molecular flexibility index (Phi) is 7.55. The van der Waals surface area contributed by atoms with Crippen LogP contribution >= 0.6 is 11.3 Å². The number of hydrogen-bond donors (Lipinski definition) is 1. The van der Waals surface area contributed by atoms with Gasteiger partial charge in [0.25, 0.3) is 5.91 Å². The highest BCUT2D eigenvalue weighted by Gasteiger charge is 2.16. The van der Waals surface area contributed by atoms with E-state index in [0.29, 0.717) is 6.42 Å². The topological polar surface area (TPSA) is 75.7 Å². The van der Waals surface area contributed by atoms with Gasteiger partial charge in [-0.2, -0.15) is 0 Å². The van der Waals surface area contributed by atoms with Crippen LogP contribution in [0.3, 0.4) is 0 Å². The van der Waals surface area contributed by atoms with Gasteiger partial charge in [0.1, 0.15) is 0 Å². The normalized spacial score (nSPS) is 10.3. The quantitative estimate of drug-likeness (QED) is 0.706. The number of ether oxygens (including phenoxy) is 1. The van der Waals surface area contributed by atoms with E-state index in [0.717, 1.165) is 21.7 Å². The van der Waals surface area contributed by atoms with Gasteiger partial charge in [-0.15, -0.1) is 11.3 Å². The number of esters is 1. The molecule has 7 heteroatoms. The van der Waals surface area contributed by atoms with Gasteiger partial charge in [0.15, 0.2) is 6.61 Å². The molecule has 1 aromatic heterocycles. The Morgan fingerprint density at radius 2 is 1.81 bits per heavy atom. The maximum absolute atomic E-state index is 12.2. The Balaban J connectivity index is 1.74. The van der Waals surface area contributed by atoms with Gasteiger partial charge in [0.2, 0.25) is 5.91 Å². The summed E-state index contributed by atoms with van der Waals surface area (Å²) in [5, 5.41) is 4.77. The molecule has 0 atom stereocenters. The average Bonchev–Trinajstić information content (AvgIpc) is 3.14. The third-order valence-corrected chi connectivity index (χ3v) is 5.00. The number of rotatable bonds is 8. The molecule has 0 bridgehead atoms. The van der Waals surface area contributed by atoms with Gasteiger partial charge in [-0.3, -0.25) is 14.4 Å². The minimum absolute atomic E-state index is 0.112. The fourth-order valence-electron chi connectivity index (χ4n) is 2.50. The van der Waals surface area contributed by atoms with Crippen molar-refractivity contribution in [2.24, 2.45) is 0 Å². The Morgan fingerprint density at radius 3 is 2.44 bits per heavy atom. The van der Waals surface area contributed by atoms with Crippen LogP contribution in [0.15, 0.2) is 35.7 Å². The smallest absolute Gasteiger partial charge is 0.306 e. The number of nitrogens with one attached hydrogen (secondary N) is 1. The Hall–Kier alpha value is -2.67. The van der Waals surface area contributed by atoms with Crippen LogP contribution in [0.2, 0.25) is 0 Å². The number of aryl methyl sites for hydroxylation is 3. The molecule has 2 rings (SSSR count). The predicted octanol–water partition coefficient (Wildman–Crippen LogP) is 2.94. The molecule has 2 amide bonds. The fraction of sp³-hybridized carbons (Fsp3) is 0.350. The minimum atomic E-state index is -0.426. The number of hydrogen-bond acceptors (Lipinski definition) is 5. The summed E-state index contributed by atoms with van der Waals surface area (Å²) in [6.07, 6.45) is 0.823. The molecule has 0 unspecified atom stereocenters. The maximum Gasteiger partial charge on any atom is 0.306 e. The molecule has 0 saturated heterocycles. The van der Waals surface area contributed by atoms with Crippen molar-refractivity contribution in [3.8, 4) is 0 Å². The highest BCUT2D eigenvalue weighted by atomic mass is 32.1. The van der Waals surface area contributed by atoms with Gasteiger partial charge in [-0.1, -0.05) is 24.3 Å². The van der Waals surface area contributed by atoms with E-state index in [2.05, 4.69) is 5.32 Å². The summed E-state index contributed by atoms with van der Waals surface area (Å²) in [6, 6.07) is 9.61. The van der Waals surface area contributed by atoms with Gasteiger partial charge in [-0.05, 0) is 42.8 Å². The van der Waals surface area contributed by atoms with E-state index in [1.807, 2.05) is 49.6 Å². The molecular weight excluding hydrogens is 364 g/mol. The van der Waals surface area contributed by atoms with Crippen LogP contribution in [0, 0.1) is 13.8 Å². The number of thiophene rings is 1. The van der Waals surface area contributed by atoms with Gasteiger partial charge in [0, 0.05) is 17.6 Å². The summed E-state index contributed by atoms with van der Waals surface area (Å²) < 4.78 is 5.00. The summed E-state index contributed by atoms with van der Waals surface area (Å²) >= 11 is 1.58. The summed E-state index contributed by atoms with van der Waals surface area (Å²) in [5.74, 6) is -1.14. The predicted molar refractivity (Wildman–Crippen MR) is 106 cm³/mol. The number of nitrogens with zero attached hydrogens (tertiary/aromatic N) is 1. The fourth-order valence-corrected chi connectivity index (χ4v) is 3.21. The second-order valence-corrected chi connectivity index (χ2v) is 7.34. The molecule has 0 aliphatic rings. The summed E-state index contributed by atoms with van der Waals surface area (Å²) in [4.78, 5) is 38.3. The van der Waals surface area contributed by atoms with Crippen molar-refractivity contribution in [2.75, 3.05) is 25.5 Å². The van der Waals surface area contributed by atoms with E-state index in [4.69, 9.17) is 4.74 Å². The molecular formula is C20H24N2O4S. The van der Waals surface area contributed by atoms with Gasteiger partial charge in [-0.25, -0.2) is 0 Å². The van der Waals surface area contributed by atoms with Gasteiger partial charge in [0.05, 0.1) is 13.0 Å². The molecule has 0 saturated carbocycles. The largest absolute Gasteiger partial charge is 0.456 e. The Labute approximate surface area is 163 Å². The molecule has 1 heterocycles. The van der Waals surface area contributed by atoms with E-state index in [-0.39, 0.29) is 25.5 Å². The zero-order valence-corrected chi connectivity index (χ0v) is 16.6. The van der Waals surface area contributed by atoms with Crippen LogP contribution in [-0.4, -0.2) is 42.9 Å². The second-order valence-electron chi connectivity index (χ2n) is 6.30. The number of anilines is 1. The van der Waals surface area contributed by atoms with Crippen molar-refractivity contribution in [3.63, 3.8) is 0 Å². The van der Waals surface area contributed by atoms with Crippen molar-refractivity contribution in [1.82, 2.24) is 4.90 Å². The number of carbonyl (C=O) groups excluding carboxylic acids is 3. The SMILES string of the molecule is Cc1cccc(C)c1NC(=O)CN(C)C(=O)COC(=O)CCc1cccs1.